The first-order valence-corrected chi connectivity index (χ1v) is 9.29. The van der Waals surface area contributed by atoms with Crippen LogP contribution in [0, 0.1) is 5.92 Å². The van der Waals surface area contributed by atoms with Crippen LogP contribution in [0.4, 0.5) is 0 Å². The predicted molar refractivity (Wildman–Crippen MR) is 82.8 cm³/mol. The minimum atomic E-state index is 0.302. The van der Waals surface area contributed by atoms with E-state index in [0.29, 0.717) is 11.6 Å². The molecule has 0 aromatic rings. The molecule has 2 unspecified atom stereocenters. The van der Waals surface area contributed by atoms with Crippen LogP contribution in [0.3, 0.4) is 0 Å². The van der Waals surface area contributed by atoms with Gasteiger partial charge in [0.2, 0.25) is 0 Å². The molecule has 2 saturated carbocycles. The highest BCUT2D eigenvalue weighted by Gasteiger charge is 2.44. The molecule has 2 atom stereocenters. The van der Waals surface area contributed by atoms with Crippen LogP contribution in [-0.2, 0) is 4.74 Å². The van der Waals surface area contributed by atoms with Gasteiger partial charge in [-0.25, -0.2) is 0 Å². The fourth-order valence-electron chi connectivity index (χ4n) is 4.08. The van der Waals surface area contributed by atoms with Crippen molar-refractivity contribution in [3.63, 3.8) is 0 Å². The van der Waals surface area contributed by atoms with E-state index in [1.807, 2.05) is 0 Å². The third-order valence-electron chi connectivity index (χ3n) is 5.55. The van der Waals surface area contributed by atoms with Crippen LogP contribution in [0.2, 0.25) is 0 Å². The quantitative estimate of drug-likeness (QED) is 0.833. The van der Waals surface area contributed by atoms with Gasteiger partial charge < -0.3 is 10.1 Å². The summed E-state index contributed by atoms with van der Waals surface area (Å²) in [4.78, 5) is 0. The van der Waals surface area contributed by atoms with Crippen LogP contribution < -0.4 is 5.32 Å². The number of rotatable bonds is 5. The summed E-state index contributed by atoms with van der Waals surface area (Å²) in [6.45, 7) is 0.997. The topological polar surface area (TPSA) is 21.3 Å². The Balaban J connectivity index is 1.49. The molecule has 2 nitrogen and oxygen atoms in total. The molecule has 3 heteroatoms. The van der Waals surface area contributed by atoms with E-state index in [-0.39, 0.29) is 0 Å². The second-order valence-electron chi connectivity index (χ2n) is 6.77. The number of thioether (sulfide) groups is 1. The highest BCUT2D eigenvalue weighted by molar-refractivity contribution is 7.99. The number of hydrogen-bond donors (Lipinski definition) is 1. The first-order chi connectivity index (χ1) is 9.31. The summed E-state index contributed by atoms with van der Waals surface area (Å²) < 4.78 is 6.07. The summed E-state index contributed by atoms with van der Waals surface area (Å²) >= 11 is 2.23. The maximum atomic E-state index is 6.07. The zero-order valence-electron chi connectivity index (χ0n) is 12.3. The maximum absolute atomic E-state index is 6.07. The molecule has 2 aliphatic carbocycles. The highest BCUT2D eigenvalue weighted by atomic mass is 32.2. The average Bonchev–Trinajstić information content (AvgIpc) is 2.91. The van der Waals surface area contributed by atoms with Crippen LogP contribution in [0.5, 0.6) is 0 Å². The monoisotopic (exact) mass is 283 g/mol. The van der Waals surface area contributed by atoms with Gasteiger partial charge in [-0.05, 0) is 57.9 Å². The molecule has 110 valence electrons. The highest BCUT2D eigenvalue weighted by Crippen LogP contribution is 2.45. The van der Waals surface area contributed by atoms with Crippen LogP contribution in [0.1, 0.15) is 57.8 Å². The minimum absolute atomic E-state index is 0.302. The molecule has 1 heterocycles. The Morgan fingerprint density at radius 2 is 2.00 bits per heavy atom. The summed E-state index contributed by atoms with van der Waals surface area (Å²) in [5.74, 6) is 2.15. The van der Waals surface area contributed by atoms with Crippen LogP contribution in [0.25, 0.3) is 0 Å². The summed E-state index contributed by atoms with van der Waals surface area (Å²) in [6.07, 6.45) is 12.4. The van der Waals surface area contributed by atoms with E-state index in [0.717, 1.165) is 17.8 Å². The van der Waals surface area contributed by atoms with E-state index in [1.165, 1.54) is 63.5 Å². The van der Waals surface area contributed by atoms with E-state index in [2.05, 4.69) is 24.1 Å². The fourth-order valence-corrected chi connectivity index (χ4v) is 5.66. The molecule has 3 rings (SSSR count). The van der Waals surface area contributed by atoms with Crippen molar-refractivity contribution < 1.29 is 4.74 Å². The molecule has 0 amide bonds. The second-order valence-corrected chi connectivity index (χ2v) is 8.11. The van der Waals surface area contributed by atoms with Gasteiger partial charge in [0, 0.05) is 23.7 Å². The van der Waals surface area contributed by atoms with Gasteiger partial charge in [0.05, 0.1) is 5.60 Å². The molecule has 0 aromatic heterocycles. The van der Waals surface area contributed by atoms with Gasteiger partial charge in [0.25, 0.3) is 0 Å². The van der Waals surface area contributed by atoms with Gasteiger partial charge in [-0.2, -0.15) is 11.8 Å². The van der Waals surface area contributed by atoms with Crippen molar-refractivity contribution in [3.8, 4) is 0 Å². The Morgan fingerprint density at radius 1 is 1.21 bits per heavy atom. The third-order valence-corrected chi connectivity index (χ3v) is 7.04. The van der Waals surface area contributed by atoms with Gasteiger partial charge in [-0.3, -0.25) is 0 Å². The molecule has 0 radical (unpaired) electrons. The lowest BCUT2D eigenvalue weighted by Crippen LogP contribution is -2.50. The van der Waals surface area contributed by atoms with E-state index in [9.17, 15) is 0 Å². The summed E-state index contributed by atoms with van der Waals surface area (Å²) in [5.41, 5.74) is 0.302. The van der Waals surface area contributed by atoms with Crippen molar-refractivity contribution >= 4 is 11.8 Å². The first-order valence-electron chi connectivity index (χ1n) is 8.24. The lowest BCUT2D eigenvalue weighted by atomic mass is 9.70. The van der Waals surface area contributed by atoms with Crippen molar-refractivity contribution in [2.24, 2.45) is 5.92 Å². The maximum Gasteiger partial charge on any atom is 0.0685 e. The fraction of sp³-hybridized carbons (Fsp3) is 1.00. The Labute approximate surface area is 122 Å². The van der Waals surface area contributed by atoms with Crippen LogP contribution >= 0.6 is 11.8 Å². The van der Waals surface area contributed by atoms with Crippen molar-refractivity contribution in [1.29, 1.82) is 0 Å². The van der Waals surface area contributed by atoms with Gasteiger partial charge >= 0.3 is 0 Å². The van der Waals surface area contributed by atoms with Gasteiger partial charge in [0.1, 0.15) is 0 Å². The molecule has 19 heavy (non-hydrogen) atoms. The largest absolute Gasteiger partial charge is 0.375 e. The molecule has 1 N–H and O–H groups in total. The second kappa shape index (κ2) is 6.36. The lowest BCUT2D eigenvalue weighted by Gasteiger charge is -2.48. The summed E-state index contributed by atoms with van der Waals surface area (Å²) in [7, 11) is 2.16. The van der Waals surface area contributed by atoms with Crippen molar-refractivity contribution in [2.45, 2.75) is 74.7 Å². The molecule has 1 saturated heterocycles. The number of nitrogens with one attached hydrogen (secondary N) is 1. The van der Waals surface area contributed by atoms with E-state index < -0.39 is 0 Å². The van der Waals surface area contributed by atoms with Crippen molar-refractivity contribution in [1.82, 2.24) is 5.32 Å². The Hall–Kier alpha value is 0.270. The zero-order chi connectivity index (χ0) is 13.1. The van der Waals surface area contributed by atoms with Gasteiger partial charge in [0.15, 0.2) is 0 Å². The lowest BCUT2D eigenvalue weighted by molar-refractivity contribution is -0.146. The van der Waals surface area contributed by atoms with E-state index in [4.69, 9.17) is 4.74 Å². The normalized spacial score (nSPS) is 32.4. The van der Waals surface area contributed by atoms with Crippen LogP contribution in [0.15, 0.2) is 0 Å². The zero-order valence-corrected chi connectivity index (χ0v) is 13.1. The first kappa shape index (κ1) is 14.2. The van der Waals surface area contributed by atoms with Crippen LogP contribution in [-0.4, -0.2) is 36.3 Å². The molecule has 1 spiro atoms. The Morgan fingerprint density at radius 3 is 2.63 bits per heavy atom. The molecule has 3 fully saturated rings. The van der Waals surface area contributed by atoms with Crippen molar-refractivity contribution in [2.75, 3.05) is 19.4 Å². The molecular weight excluding hydrogens is 254 g/mol. The SMILES string of the molecule is CNC(CSC1CCCC1)C1CCOC2(CCC2)C1. The molecule has 1 aliphatic heterocycles. The minimum Gasteiger partial charge on any atom is -0.375 e. The molecule has 3 aliphatic rings. The smallest absolute Gasteiger partial charge is 0.0685 e. The predicted octanol–water partition coefficient (Wildman–Crippen LogP) is 3.60. The summed E-state index contributed by atoms with van der Waals surface area (Å²) in [6, 6.07) is 0.701. The Bertz CT molecular complexity index is 286. The number of ether oxygens (including phenoxy) is 1. The average molecular weight is 283 g/mol. The molecular formula is C16H29NOS. The van der Waals surface area contributed by atoms with E-state index in [1.54, 1.807) is 0 Å². The third kappa shape index (κ3) is 3.30. The molecule has 0 aromatic carbocycles. The van der Waals surface area contributed by atoms with Gasteiger partial charge in [-0.15, -0.1) is 0 Å². The molecule has 0 bridgehead atoms. The standard InChI is InChI=1S/C16H29NOS/c1-17-15(12-19-14-5-2-3-6-14)13-7-10-18-16(11-13)8-4-9-16/h13-15,17H,2-12H2,1H3. The summed E-state index contributed by atoms with van der Waals surface area (Å²) in [5, 5.41) is 4.56. The van der Waals surface area contributed by atoms with Gasteiger partial charge in [-0.1, -0.05) is 12.8 Å². The van der Waals surface area contributed by atoms with Crippen molar-refractivity contribution in [3.05, 3.63) is 0 Å². The van der Waals surface area contributed by atoms with E-state index >= 15 is 0 Å². The number of hydrogen-bond acceptors (Lipinski definition) is 3. The Kier molecular flexibility index (Phi) is 4.76.